The largest absolute Gasteiger partial charge is 0.486 e. The molecule has 1 aliphatic heterocycles. The van der Waals surface area contributed by atoms with E-state index in [0.717, 1.165) is 17.0 Å². The zero-order valence-corrected chi connectivity index (χ0v) is 16.1. The van der Waals surface area contributed by atoms with Crippen molar-refractivity contribution in [3.8, 4) is 11.6 Å². The number of hydrogen-bond donors (Lipinski definition) is 0. The predicted molar refractivity (Wildman–Crippen MR) is 95.5 cm³/mol. The van der Waals surface area contributed by atoms with Gasteiger partial charge in [-0.05, 0) is 33.8 Å². The molecular weight excluding hydrogens is 402 g/mol. The molecular formula is C19H20F6N2O2. The van der Waals surface area contributed by atoms with E-state index in [2.05, 4.69) is 4.98 Å². The van der Waals surface area contributed by atoms with Gasteiger partial charge in [-0.15, -0.1) is 0 Å². The van der Waals surface area contributed by atoms with E-state index in [9.17, 15) is 26.3 Å². The fourth-order valence-electron chi connectivity index (χ4n) is 3.27. The van der Waals surface area contributed by atoms with E-state index >= 15 is 0 Å². The van der Waals surface area contributed by atoms with Crippen LogP contribution in [0.1, 0.15) is 33.3 Å². The van der Waals surface area contributed by atoms with Gasteiger partial charge in [0.2, 0.25) is 5.88 Å². The van der Waals surface area contributed by atoms with Gasteiger partial charge in [0, 0.05) is 17.5 Å². The third-order valence-corrected chi connectivity index (χ3v) is 4.67. The zero-order chi connectivity index (χ0) is 21.7. The summed E-state index contributed by atoms with van der Waals surface area (Å²) in [5.41, 5.74) is -1.15. The molecule has 2 heterocycles. The minimum Gasteiger partial charge on any atom is -0.486 e. The van der Waals surface area contributed by atoms with Gasteiger partial charge in [0.1, 0.15) is 18.4 Å². The van der Waals surface area contributed by atoms with Crippen LogP contribution < -0.4 is 14.4 Å². The number of halogens is 6. The Bertz CT molecular complexity index is 910. The molecule has 0 unspecified atom stereocenters. The van der Waals surface area contributed by atoms with Crippen LogP contribution in [0.2, 0.25) is 0 Å². The second-order valence-electron chi connectivity index (χ2n) is 7.32. The minimum absolute atomic E-state index is 0.0506. The van der Waals surface area contributed by atoms with E-state index < -0.39 is 42.7 Å². The summed E-state index contributed by atoms with van der Waals surface area (Å²) < 4.78 is 91.3. The first kappa shape index (κ1) is 21.3. The van der Waals surface area contributed by atoms with E-state index in [4.69, 9.17) is 9.47 Å². The molecule has 0 fully saturated rings. The van der Waals surface area contributed by atoms with Crippen LogP contribution in [-0.2, 0) is 6.18 Å². The molecule has 2 atom stereocenters. The van der Waals surface area contributed by atoms with E-state index in [1.165, 1.54) is 13.0 Å². The molecule has 0 N–H and O–H groups in total. The maximum Gasteiger partial charge on any atom is 0.417 e. The number of anilines is 1. The van der Waals surface area contributed by atoms with Crippen LogP contribution in [0.3, 0.4) is 0 Å². The molecule has 0 spiro atoms. The van der Waals surface area contributed by atoms with Gasteiger partial charge in [0.25, 0.3) is 0 Å². The lowest BCUT2D eigenvalue weighted by Gasteiger charge is -2.41. The summed E-state index contributed by atoms with van der Waals surface area (Å²) in [6.45, 7) is 5.13. The Morgan fingerprint density at radius 2 is 1.76 bits per heavy atom. The zero-order valence-electron chi connectivity index (χ0n) is 16.1. The number of nitrogens with zero attached hydrogens (tertiary/aromatic N) is 2. The Hall–Kier alpha value is -2.39. The molecule has 3 rings (SSSR count). The summed E-state index contributed by atoms with van der Waals surface area (Å²) in [4.78, 5) is 5.11. The van der Waals surface area contributed by atoms with Gasteiger partial charge >= 0.3 is 12.4 Å². The summed E-state index contributed by atoms with van der Waals surface area (Å²) >= 11 is 0. The molecule has 0 amide bonds. The molecule has 160 valence electrons. The quantitative estimate of drug-likeness (QED) is 0.605. The third kappa shape index (κ3) is 4.45. The van der Waals surface area contributed by atoms with Crippen LogP contribution in [0, 0.1) is 0 Å². The Morgan fingerprint density at radius 1 is 1.10 bits per heavy atom. The van der Waals surface area contributed by atoms with Crippen molar-refractivity contribution in [2.45, 2.75) is 58.3 Å². The normalized spacial score (nSPS) is 20.0. The molecule has 1 aromatic heterocycles. The number of fused-ring (bicyclic) bond motifs is 2. The van der Waals surface area contributed by atoms with Crippen LogP contribution in [0.5, 0.6) is 11.6 Å². The highest BCUT2D eigenvalue weighted by Crippen LogP contribution is 2.44. The SMILES string of the molecule is CC(C)Oc1cc(C(F)(F)F)c2cc3c(cc2n1)O[C@H](C)[C@H](C)N3CC(F)(F)F. The first-order valence-electron chi connectivity index (χ1n) is 8.99. The van der Waals surface area contributed by atoms with Crippen molar-refractivity contribution in [3.05, 3.63) is 23.8 Å². The van der Waals surface area contributed by atoms with E-state index in [0.29, 0.717) is 0 Å². The lowest BCUT2D eigenvalue weighted by atomic mass is 10.0. The van der Waals surface area contributed by atoms with Crippen molar-refractivity contribution in [2.24, 2.45) is 0 Å². The molecule has 10 heteroatoms. The number of rotatable bonds is 3. The Kier molecular flexibility index (Phi) is 5.25. The summed E-state index contributed by atoms with van der Waals surface area (Å²) in [5, 5.41) is -0.315. The van der Waals surface area contributed by atoms with Gasteiger partial charge in [-0.1, -0.05) is 0 Å². The standard InChI is InChI=1S/C19H20F6N2O2/c1-9(2)28-17-6-13(19(23,24)25)12-5-15-16(7-14(12)26-17)29-11(4)10(3)27(15)8-18(20,21)22/h5-7,9-11H,8H2,1-4H3/t10-,11+/m0/s1. The van der Waals surface area contributed by atoms with E-state index in [-0.39, 0.29) is 28.2 Å². The van der Waals surface area contributed by atoms with Gasteiger partial charge in [0.05, 0.1) is 28.9 Å². The number of alkyl halides is 6. The number of pyridine rings is 1. The fraction of sp³-hybridized carbons (Fsp3) is 0.526. The van der Waals surface area contributed by atoms with Gasteiger partial charge in [-0.3, -0.25) is 0 Å². The van der Waals surface area contributed by atoms with Crippen molar-refractivity contribution < 1.29 is 35.8 Å². The van der Waals surface area contributed by atoms with Gasteiger partial charge < -0.3 is 14.4 Å². The van der Waals surface area contributed by atoms with Gasteiger partial charge in [-0.2, -0.15) is 26.3 Å². The lowest BCUT2D eigenvalue weighted by Crippen LogP contribution is -2.50. The number of aromatic nitrogens is 1. The highest BCUT2D eigenvalue weighted by molar-refractivity contribution is 5.90. The molecule has 4 nitrogen and oxygen atoms in total. The first-order chi connectivity index (χ1) is 13.3. The first-order valence-corrected chi connectivity index (χ1v) is 8.99. The number of hydrogen-bond acceptors (Lipinski definition) is 4. The molecule has 1 aliphatic rings. The highest BCUT2D eigenvalue weighted by atomic mass is 19.4. The Labute approximate surface area is 163 Å². The van der Waals surface area contributed by atoms with Crippen molar-refractivity contribution in [3.63, 3.8) is 0 Å². The maximum absolute atomic E-state index is 13.7. The monoisotopic (exact) mass is 422 g/mol. The van der Waals surface area contributed by atoms with Crippen LogP contribution >= 0.6 is 0 Å². The molecule has 0 aliphatic carbocycles. The molecule has 0 radical (unpaired) electrons. The lowest BCUT2D eigenvalue weighted by molar-refractivity contribution is -0.136. The molecule has 0 saturated carbocycles. The molecule has 1 aromatic carbocycles. The fourth-order valence-corrected chi connectivity index (χ4v) is 3.27. The van der Waals surface area contributed by atoms with Crippen LogP contribution in [0.15, 0.2) is 18.2 Å². The van der Waals surface area contributed by atoms with Crippen LogP contribution in [-0.4, -0.2) is 36.0 Å². The van der Waals surface area contributed by atoms with Crippen molar-refractivity contribution in [2.75, 3.05) is 11.4 Å². The van der Waals surface area contributed by atoms with Crippen molar-refractivity contribution in [1.29, 1.82) is 0 Å². The second kappa shape index (κ2) is 7.14. The van der Waals surface area contributed by atoms with Crippen LogP contribution in [0.25, 0.3) is 10.9 Å². The van der Waals surface area contributed by atoms with E-state index in [1.807, 2.05) is 0 Å². The number of ether oxygens (including phenoxy) is 2. The van der Waals surface area contributed by atoms with Gasteiger partial charge in [-0.25, -0.2) is 4.98 Å². The Balaban J connectivity index is 2.24. The minimum atomic E-state index is -4.74. The Morgan fingerprint density at radius 3 is 2.31 bits per heavy atom. The molecule has 0 bridgehead atoms. The average molecular weight is 422 g/mol. The van der Waals surface area contributed by atoms with E-state index in [1.54, 1.807) is 20.8 Å². The smallest absolute Gasteiger partial charge is 0.417 e. The second-order valence-corrected chi connectivity index (χ2v) is 7.32. The predicted octanol–water partition coefficient (Wildman–Crippen LogP) is 5.58. The van der Waals surface area contributed by atoms with Crippen molar-refractivity contribution in [1.82, 2.24) is 4.98 Å². The highest BCUT2D eigenvalue weighted by Gasteiger charge is 2.40. The molecule has 2 aromatic rings. The maximum atomic E-state index is 13.7. The van der Waals surface area contributed by atoms with Gasteiger partial charge in [0.15, 0.2) is 0 Å². The number of benzene rings is 1. The molecule has 0 saturated heterocycles. The topological polar surface area (TPSA) is 34.6 Å². The average Bonchev–Trinajstić information content (AvgIpc) is 2.54. The summed E-state index contributed by atoms with van der Waals surface area (Å²) in [7, 11) is 0. The van der Waals surface area contributed by atoms with Crippen molar-refractivity contribution >= 4 is 16.6 Å². The van der Waals surface area contributed by atoms with Crippen LogP contribution in [0.4, 0.5) is 32.0 Å². The summed E-state index contributed by atoms with van der Waals surface area (Å²) in [6.07, 6.45) is -10.3. The molecule has 29 heavy (non-hydrogen) atoms. The summed E-state index contributed by atoms with van der Waals surface area (Å²) in [5.74, 6) is -0.168. The third-order valence-electron chi connectivity index (χ3n) is 4.67. The summed E-state index contributed by atoms with van der Waals surface area (Å²) in [6, 6.07) is 2.37.